The number of nitrogens with one attached hydrogen (secondary N) is 1. The molecule has 3 rings (SSSR count). The molecule has 2 fully saturated rings. The van der Waals surface area contributed by atoms with E-state index >= 15 is 0 Å². The second-order valence-corrected chi connectivity index (χ2v) is 7.79. The van der Waals surface area contributed by atoms with E-state index in [2.05, 4.69) is 10.2 Å². The molecule has 0 spiro atoms. The Kier molecular flexibility index (Phi) is 6.53. The molecule has 2 aliphatic heterocycles. The summed E-state index contributed by atoms with van der Waals surface area (Å²) in [5, 5.41) is 25.0. The Bertz CT molecular complexity index is 607. The maximum absolute atomic E-state index is 12.5. The van der Waals surface area contributed by atoms with Crippen molar-refractivity contribution in [2.75, 3.05) is 45.8 Å². The van der Waals surface area contributed by atoms with Gasteiger partial charge in [0.2, 0.25) is 0 Å². The van der Waals surface area contributed by atoms with Crippen molar-refractivity contribution in [1.29, 1.82) is 0 Å². The molecule has 0 saturated carbocycles. The van der Waals surface area contributed by atoms with Crippen LogP contribution in [-0.2, 0) is 0 Å². The second-order valence-electron chi connectivity index (χ2n) is 7.35. The van der Waals surface area contributed by atoms with Gasteiger partial charge in [-0.2, -0.15) is 0 Å². The fourth-order valence-corrected chi connectivity index (χ4v) is 3.81. The standard InChI is InChI=1S/C19H28ClN3O3/c20-16-5-3-15(4-6-16)18(25)23-11-7-19(26,17(24)13-23)14-21-8-12-22-9-1-2-10-22/h3-6,17,21,24,26H,1-2,7-14H2/t17-,19-/m0/s1. The molecule has 3 N–H and O–H groups in total. The van der Waals surface area contributed by atoms with E-state index in [4.69, 9.17) is 11.6 Å². The van der Waals surface area contributed by atoms with E-state index < -0.39 is 11.7 Å². The van der Waals surface area contributed by atoms with Gasteiger partial charge in [0.25, 0.3) is 5.91 Å². The predicted octanol–water partition coefficient (Wildman–Crippen LogP) is 0.963. The summed E-state index contributed by atoms with van der Waals surface area (Å²) >= 11 is 5.86. The summed E-state index contributed by atoms with van der Waals surface area (Å²) in [6.07, 6.45) is 1.91. The first kappa shape index (κ1) is 19.6. The summed E-state index contributed by atoms with van der Waals surface area (Å²) in [6.45, 7) is 4.95. The van der Waals surface area contributed by atoms with E-state index in [0.29, 0.717) is 30.1 Å². The van der Waals surface area contributed by atoms with Gasteiger partial charge in [0.15, 0.2) is 0 Å². The summed E-state index contributed by atoms with van der Waals surface area (Å²) in [7, 11) is 0. The van der Waals surface area contributed by atoms with Crippen LogP contribution < -0.4 is 5.32 Å². The van der Waals surface area contributed by atoms with E-state index in [-0.39, 0.29) is 12.5 Å². The summed E-state index contributed by atoms with van der Waals surface area (Å²) in [5.74, 6) is -0.148. The molecule has 0 aliphatic carbocycles. The van der Waals surface area contributed by atoms with Crippen molar-refractivity contribution in [2.24, 2.45) is 0 Å². The van der Waals surface area contributed by atoms with Crippen LogP contribution in [0.3, 0.4) is 0 Å². The smallest absolute Gasteiger partial charge is 0.253 e. The molecule has 7 heteroatoms. The molecule has 2 aliphatic rings. The molecule has 2 saturated heterocycles. The fraction of sp³-hybridized carbons (Fsp3) is 0.632. The molecule has 0 unspecified atom stereocenters. The lowest BCUT2D eigenvalue weighted by Crippen LogP contribution is -2.60. The molecular weight excluding hydrogens is 354 g/mol. The van der Waals surface area contributed by atoms with Gasteiger partial charge >= 0.3 is 0 Å². The SMILES string of the molecule is O=C(c1ccc(Cl)cc1)N1CC[C@](O)(CNCCN2CCCC2)[C@@H](O)C1. The third kappa shape index (κ3) is 4.75. The van der Waals surface area contributed by atoms with Crippen molar-refractivity contribution in [3.05, 3.63) is 34.9 Å². The normalized spacial score (nSPS) is 27.0. The van der Waals surface area contributed by atoms with Crippen LogP contribution in [0.2, 0.25) is 5.02 Å². The topological polar surface area (TPSA) is 76.0 Å². The molecule has 26 heavy (non-hydrogen) atoms. The van der Waals surface area contributed by atoms with Gasteiger partial charge in [-0.1, -0.05) is 11.6 Å². The van der Waals surface area contributed by atoms with Crippen molar-refractivity contribution < 1.29 is 15.0 Å². The van der Waals surface area contributed by atoms with Gasteiger partial charge in [-0.15, -0.1) is 0 Å². The maximum atomic E-state index is 12.5. The number of rotatable bonds is 6. The van der Waals surface area contributed by atoms with Crippen molar-refractivity contribution in [1.82, 2.24) is 15.1 Å². The zero-order chi connectivity index (χ0) is 18.6. The lowest BCUT2D eigenvalue weighted by atomic mass is 9.88. The zero-order valence-corrected chi connectivity index (χ0v) is 15.8. The Labute approximate surface area is 159 Å². The Morgan fingerprint density at radius 1 is 1.23 bits per heavy atom. The molecule has 0 aromatic heterocycles. The van der Waals surface area contributed by atoms with Gasteiger partial charge in [0.05, 0.1) is 0 Å². The van der Waals surface area contributed by atoms with Crippen LogP contribution in [-0.4, -0.2) is 83.4 Å². The Morgan fingerprint density at radius 2 is 1.92 bits per heavy atom. The van der Waals surface area contributed by atoms with Crippen LogP contribution >= 0.6 is 11.6 Å². The fourth-order valence-electron chi connectivity index (χ4n) is 3.68. The molecule has 1 aromatic rings. The minimum atomic E-state index is -1.19. The van der Waals surface area contributed by atoms with E-state index in [9.17, 15) is 15.0 Å². The number of likely N-dealkylation sites (tertiary alicyclic amines) is 2. The second kappa shape index (κ2) is 8.67. The lowest BCUT2D eigenvalue weighted by Gasteiger charge is -2.42. The van der Waals surface area contributed by atoms with Crippen LogP contribution in [0, 0.1) is 0 Å². The van der Waals surface area contributed by atoms with Crippen LogP contribution in [0.15, 0.2) is 24.3 Å². The predicted molar refractivity (Wildman–Crippen MR) is 101 cm³/mol. The number of aliphatic hydroxyl groups excluding tert-OH is 1. The number of hydrogen-bond donors (Lipinski definition) is 3. The van der Waals surface area contributed by atoms with Crippen molar-refractivity contribution >= 4 is 17.5 Å². The average Bonchev–Trinajstić information content (AvgIpc) is 3.15. The van der Waals surface area contributed by atoms with E-state index in [1.54, 1.807) is 29.2 Å². The molecule has 2 atom stereocenters. The van der Waals surface area contributed by atoms with Crippen molar-refractivity contribution in [3.8, 4) is 0 Å². The number of carbonyl (C=O) groups excluding carboxylic acids is 1. The molecule has 0 radical (unpaired) electrons. The number of nitrogens with zero attached hydrogens (tertiary/aromatic N) is 2. The quantitative estimate of drug-likeness (QED) is 0.640. The highest BCUT2D eigenvalue weighted by Crippen LogP contribution is 2.24. The highest BCUT2D eigenvalue weighted by molar-refractivity contribution is 6.30. The molecule has 1 amide bonds. The number of halogens is 1. The van der Waals surface area contributed by atoms with Gasteiger partial charge in [-0.05, 0) is 56.6 Å². The maximum Gasteiger partial charge on any atom is 0.253 e. The number of hydrogen-bond acceptors (Lipinski definition) is 5. The number of aliphatic hydroxyl groups is 2. The van der Waals surface area contributed by atoms with Gasteiger partial charge < -0.3 is 25.3 Å². The molecule has 0 bridgehead atoms. The Balaban J connectivity index is 1.47. The average molecular weight is 382 g/mol. The third-order valence-corrected chi connectivity index (χ3v) is 5.69. The van der Waals surface area contributed by atoms with Gasteiger partial charge in [0.1, 0.15) is 11.7 Å². The first-order valence-corrected chi connectivity index (χ1v) is 9.74. The summed E-state index contributed by atoms with van der Waals surface area (Å²) in [6, 6.07) is 6.71. The Morgan fingerprint density at radius 3 is 2.58 bits per heavy atom. The number of amides is 1. The monoisotopic (exact) mass is 381 g/mol. The number of piperidine rings is 1. The molecule has 2 heterocycles. The van der Waals surface area contributed by atoms with Crippen LogP contribution in [0.25, 0.3) is 0 Å². The molecule has 144 valence electrons. The summed E-state index contributed by atoms with van der Waals surface area (Å²) in [5.41, 5.74) is -0.655. The summed E-state index contributed by atoms with van der Waals surface area (Å²) in [4.78, 5) is 16.5. The first-order chi connectivity index (χ1) is 12.5. The van der Waals surface area contributed by atoms with Crippen LogP contribution in [0.4, 0.5) is 0 Å². The van der Waals surface area contributed by atoms with Gasteiger partial charge in [0, 0.05) is 43.3 Å². The van der Waals surface area contributed by atoms with E-state index in [0.717, 1.165) is 26.2 Å². The number of benzene rings is 1. The third-order valence-electron chi connectivity index (χ3n) is 5.44. The minimum Gasteiger partial charge on any atom is -0.388 e. The molecule has 1 aromatic carbocycles. The minimum absolute atomic E-state index is 0.131. The van der Waals surface area contributed by atoms with Crippen molar-refractivity contribution in [2.45, 2.75) is 31.0 Å². The lowest BCUT2D eigenvalue weighted by molar-refractivity contribution is -0.110. The first-order valence-electron chi connectivity index (χ1n) is 9.36. The van der Waals surface area contributed by atoms with Gasteiger partial charge in [-0.25, -0.2) is 0 Å². The number of β-amino-alcohol motifs (C(OH)–C–C–N with tert-alkyl or cyclic N) is 1. The highest BCUT2D eigenvalue weighted by Gasteiger charge is 2.41. The van der Waals surface area contributed by atoms with Crippen LogP contribution in [0.5, 0.6) is 0 Å². The zero-order valence-electron chi connectivity index (χ0n) is 15.0. The highest BCUT2D eigenvalue weighted by atomic mass is 35.5. The molecule has 6 nitrogen and oxygen atoms in total. The molecular formula is C19H28ClN3O3. The largest absolute Gasteiger partial charge is 0.388 e. The van der Waals surface area contributed by atoms with Crippen LogP contribution in [0.1, 0.15) is 29.6 Å². The number of carbonyl (C=O) groups is 1. The van der Waals surface area contributed by atoms with E-state index in [1.807, 2.05) is 0 Å². The van der Waals surface area contributed by atoms with Crippen molar-refractivity contribution in [3.63, 3.8) is 0 Å². The summed E-state index contributed by atoms with van der Waals surface area (Å²) < 4.78 is 0. The van der Waals surface area contributed by atoms with E-state index in [1.165, 1.54) is 12.8 Å². The van der Waals surface area contributed by atoms with Gasteiger partial charge in [-0.3, -0.25) is 4.79 Å². The Hall–Kier alpha value is -1.18.